The highest BCUT2D eigenvalue weighted by molar-refractivity contribution is 9.10. The Labute approximate surface area is 192 Å². The summed E-state index contributed by atoms with van der Waals surface area (Å²) in [5.41, 5.74) is 1.85. The van der Waals surface area contributed by atoms with Gasteiger partial charge in [0.25, 0.3) is 5.91 Å². The number of aromatic nitrogens is 4. The minimum Gasteiger partial charge on any atom is -0.497 e. The average molecular weight is 498 g/mol. The van der Waals surface area contributed by atoms with Gasteiger partial charge >= 0.3 is 0 Å². The fourth-order valence-electron chi connectivity index (χ4n) is 3.05. The number of nitrogens with zero attached hydrogens (tertiary/aromatic N) is 4. The summed E-state index contributed by atoms with van der Waals surface area (Å²) in [6.45, 7) is 0.577. The summed E-state index contributed by atoms with van der Waals surface area (Å²) in [7, 11) is 3.17. The Morgan fingerprint density at radius 1 is 1.06 bits per heavy atom. The molecule has 1 amide bonds. The van der Waals surface area contributed by atoms with Crippen molar-refractivity contribution < 1.29 is 19.0 Å². The highest BCUT2D eigenvalue weighted by Crippen LogP contribution is 2.32. The minimum absolute atomic E-state index is 0.175. The molecule has 9 nitrogen and oxygen atoms in total. The molecule has 0 radical (unpaired) electrons. The van der Waals surface area contributed by atoms with Gasteiger partial charge in [-0.1, -0.05) is 22.0 Å². The van der Waals surface area contributed by atoms with Gasteiger partial charge in [0.05, 0.1) is 26.3 Å². The largest absolute Gasteiger partial charge is 0.497 e. The Balaban J connectivity index is 1.46. The first-order chi connectivity index (χ1) is 15.6. The highest BCUT2D eigenvalue weighted by atomic mass is 79.9. The van der Waals surface area contributed by atoms with Gasteiger partial charge < -0.3 is 19.5 Å². The molecule has 0 aliphatic carbocycles. The molecule has 0 bridgehead atoms. The van der Waals surface area contributed by atoms with Crippen molar-refractivity contribution in [1.29, 1.82) is 0 Å². The molecule has 0 unspecified atom stereocenters. The van der Waals surface area contributed by atoms with E-state index >= 15 is 0 Å². The van der Waals surface area contributed by atoms with E-state index in [2.05, 4.69) is 36.5 Å². The summed E-state index contributed by atoms with van der Waals surface area (Å²) in [5, 5.41) is 15.7. The van der Waals surface area contributed by atoms with Gasteiger partial charge in [-0.05, 0) is 36.4 Å². The molecule has 164 valence electrons. The number of nitrogens with one attached hydrogen (secondary N) is 1. The average Bonchev–Trinajstić information content (AvgIpc) is 3.24. The van der Waals surface area contributed by atoms with Crippen LogP contribution in [0.3, 0.4) is 0 Å². The van der Waals surface area contributed by atoms with E-state index < -0.39 is 0 Å². The standard InChI is InChI=1S/C22H20BrN5O4/c1-30-16-6-7-17(18(13-16)31-2)21-26-25-19-8-9-20(27-28(19)21)32-11-10-24-22(29)14-4-3-5-15(23)12-14/h3-9,12-13H,10-11H2,1-2H3,(H,24,29). The lowest BCUT2D eigenvalue weighted by atomic mass is 10.2. The van der Waals surface area contributed by atoms with Gasteiger partial charge in [-0.15, -0.1) is 15.3 Å². The van der Waals surface area contributed by atoms with Crippen LogP contribution >= 0.6 is 15.9 Å². The molecular weight excluding hydrogens is 478 g/mol. The number of rotatable bonds is 8. The number of benzene rings is 2. The van der Waals surface area contributed by atoms with Crippen molar-refractivity contribution in [2.45, 2.75) is 0 Å². The first-order valence-electron chi connectivity index (χ1n) is 9.70. The molecule has 0 saturated heterocycles. The first-order valence-corrected chi connectivity index (χ1v) is 10.5. The lowest BCUT2D eigenvalue weighted by molar-refractivity contribution is 0.0946. The third-order valence-corrected chi connectivity index (χ3v) is 5.11. The quantitative estimate of drug-likeness (QED) is 0.372. The van der Waals surface area contributed by atoms with Crippen LogP contribution in [0.5, 0.6) is 17.4 Å². The summed E-state index contributed by atoms with van der Waals surface area (Å²) >= 11 is 3.36. The second-order valence-corrected chi connectivity index (χ2v) is 7.56. The van der Waals surface area contributed by atoms with Crippen molar-refractivity contribution in [2.24, 2.45) is 0 Å². The second kappa shape index (κ2) is 9.65. The van der Waals surface area contributed by atoms with Crippen molar-refractivity contribution in [3.05, 3.63) is 64.6 Å². The highest BCUT2D eigenvalue weighted by Gasteiger charge is 2.16. The number of methoxy groups -OCH3 is 2. The Hall–Kier alpha value is -3.66. The van der Waals surface area contributed by atoms with E-state index in [1.165, 1.54) is 0 Å². The van der Waals surface area contributed by atoms with Gasteiger partial charge in [0, 0.05) is 22.2 Å². The van der Waals surface area contributed by atoms with Crippen molar-refractivity contribution in [3.63, 3.8) is 0 Å². The maximum atomic E-state index is 12.2. The number of hydrogen-bond donors (Lipinski definition) is 1. The van der Waals surface area contributed by atoms with Gasteiger partial charge in [-0.3, -0.25) is 4.79 Å². The zero-order valence-corrected chi connectivity index (χ0v) is 19.0. The minimum atomic E-state index is -0.175. The zero-order chi connectivity index (χ0) is 22.5. The normalized spacial score (nSPS) is 10.7. The van der Waals surface area contributed by atoms with Gasteiger partial charge in [-0.25, -0.2) is 0 Å². The van der Waals surface area contributed by atoms with Gasteiger partial charge in [0.15, 0.2) is 11.5 Å². The Morgan fingerprint density at radius 3 is 2.72 bits per heavy atom. The monoisotopic (exact) mass is 497 g/mol. The summed E-state index contributed by atoms with van der Waals surface area (Å²) in [6.07, 6.45) is 0. The summed E-state index contributed by atoms with van der Waals surface area (Å²) in [6, 6.07) is 16.1. The van der Waals surface area contributed by atoms with Crippen LogP contribution in [0.15, 0.2) is 59.1 Å². The molecule has 0 atom stereocenters. The Kier molecular flexibility index (Phi) is 6.50. The maximum Gasteiger partial charge on any atom is 0.251 e. The second-order valence-electron chi connectivity index (χ2n) is 6.65. The van der Waals surface area contributed by atoms with Gasteiger partial charge in [0.2, 0.25) is 5.88 Å². The van der Waals surface area contributed by atoms with Crippen molar-refractivity contribution >= 4 is 27.5 Å². The van der Waals surface area contributed by atoms with Crippen LogP contribution in [0.25, 0.3) is 17.0 Å². The summed E-state index contributed by atoms with van der Waals surface area (Å²) in [5.74, 6) is 1.96. The van der Waals surface area contributed by atoms with Crippen LogP contribution in [0, 0.1) is 0 Å². The SMILES string of the molecule is COc1ccc(-c2nnc3ccc(OCCNC(=O)c4cccc(Br)c4)nn23)c(OC)c1. The van der Waals surface area contributed by atoms with Crippen LogP contribution in [0.2, 0.25) is 0 Å². The number of amides is 1. The molecule has 4 aromatic rings. The van der Waals surface area contributed by atoms with E-state index in [4.69, 9.17) is 14.2 Å². The number of fused-ring (bicyclic) bond motifs is 1. The molecule has 0 fully saturated rings. The number of ether oxygens (including phenoxy) is 3. The van der Waals surface area contributed by atoms with E-state index in [9.17, 15) is 4.79 Å². The van der Waals surface area contributed by atoms with E-state index in [1.807, 2.05) is 24.3 Å². The Morgan fingerprint density at radius 2 is 1.94 bits per heavy atom. The molecule has 32 heavy (non-hydrogen) atoms. The fraction of sp³-hybridized carbons (Fsp3) is 0.182. The van der Waals surface area contributed by atoms with Crippen LogP contribution in [-0.2, 0) is 0 Å². The maximum absolute atomic E-state index is 12.2. The number of hydrogen-bond acceptors (Lipinski definition) is 7. The molecule has 0 aliphatic heterocycles. The predicted molar refractivity (Wildman–Crippen MR) is 121 cm³/mol. The molecule has 2 heterocycles. The summed E-state index contributed by atoms with van der Waals surface area (Å²) in [4.78, 5) is 12.2. The van der Waals surface area contributed by atoms with Crippen molar-refractivity contribution in [2.75, 3.05) is 27.4 Å². The number of carbonyl (C=O) groups excluding carboxylic acids is 1. The van der Waals surface area contributed by atoms with E-state index in [-0.39, 0.29) is 12.5 Å². The van der Waals surface area contributed by atoms with Crippen LogP contribution in [-0.4, -0.2) is 53.1 Å². The molecule has 1 N–H and O–H groups in total. The molecule has 10 heteroatoms. The molecule has 0 aliphatic rings. The first kappa shape index (κ1) is 21.6. The fourth-order valence-corrected chi connectivity index (χ4v) is 3.45. The Bertz CT molecular complexity index is 1260. The zero-order valence-electron chi connectivity index (χ0n) is 17.4. The van der Waals surface area contributed by atoms with E-state index in [0.29, 0.717) is 46.5 Å². The topological polar surface area (TPSA) is 99.9 Å². The van der Waals surface area contributed by atoms with Crippen LogP contribution in [0.4, 0.5) is 0 Å². The lowest BCUT2D eigenvalue weighted by Crippen LogP contribution is -2.28. The van der Waals surface area contributed by atoms with E-state index in [1.54, 1.807) is 49.1 Å². The van der Waals surface area contributed by atoms with Crippen LogP contribution < -0.4 is 19.5 Å². The molecule has 2 aromatic carbocycles. The third kappa shape index (κ3) is 4.65. The molecular formula is C22H20BrN5O4. The van der Waals surface area contributed by atoms with Gasteiger partial charge in [0.1, 0.15) is 18.1 Å². The van der Waals surface area contributed by atoms with Gasteiger partial charge in [-0.2, -0.15) is 4.52 Å². The third-order valence-electron chi connectivity index (χ3n) is 4.61. The van der Waals surface area contributed by atoms with Crippen LogP contribution in [0.1, 0.15) is 10.4 Å². The molecule has 0 spiro atoms. The molecule has 2 aromatic heterocycles. The predicted octanol–water partition coefficient (Wildman–Crippen LogP) is 3.38. The summed E-state index contributed by atoms with van der Waals surface area (Å²) < 4.78 is 18.9. The van der Waals surface area contributed by atoms with Crippen molar-refractivity contribution in [3.8, 4) is 28.8 Å². The number of halogens is 1. The molecule has 4 rings (SSSR count). The van der Waals surface area contributed by atoms with E-state index in [0.717, 1.165) is 4.47 Å². The molecule has 0 saturated carbocycles. The van der Waals surface area contributed by atoms with Crippen molar-refractivity contribution in [1.82, 2.24) is 25.1 Å². The smallest absolute Gasteiger partial charge is 0.251 e. The lowest BCUT2D eigenvalue weighted by Gasteiger charge is -2.10. The number of carbonyl (C=O) groups is 1.